The van der Waals surface area contributed by atoms with Gasteiger partial charge in [0.2, 0.25) is 0 Å². The molecule has 66 heavy (non-hydrogen) atoms. The average molecular weight is 873 g/mol. The van der Waals surface area contributed by atoms with Crippen LogP contribution in [-0.4, -0.2) is 31.6 Å². The molecule has 7 aromatic carbocycles. The Balaban J connectivity index is 0.941. The molecule has 2 aliphatic carbocycles. The van der Waals surface area contributed by atoms with E-state index >= 15 is 8.78 Å². The summed E-state index contributed by atoms with van der Waals surface area (Å²) < 4.78 is 32.8. The third-order valence-corrected chi connectivity index (χ3v) is 13.2. The quantitative estimate of drug-likeness (QED) is 0.0898. The van der Waals surface area contributed by atoms with Crippen molar-refractivity contribution in [3.63, 3.8) is 0 Å². The van der Waals surface area contributed by atoms with Gasteiger partial charge in [0.15, 0.2) is 0 Å². The molecule has 0 amide bonds. The molecular formula is C60H58F2N4. The van der Waals surface area contributed by atoms with Gasteiger partial charge in [0, 0.05) is 59.0 Å². The summed E-state index contributed by atoms with van der Waals surface area (Å²) in [7, 11) is 3.90. The number of para-hydroxylation sites is 2. The molecule has 0 heterocycles. The summed E-state index contributed by atoms with van der Waals surface area (Å²) in [6.45, 7) is 0.905. The molecule has 332 valence electrons. The molecule has 0 radical (unpaired) electrons. The van der Waals surface area contributed by atoms with Crippen LogP contribution in [0, 0.1) is 17.6 Å². The lowest BCUT2D eigenvalue weighted by Gasteiger charge is -2.31. The van der Waals surface area contributed by atoms with Crippen molar-refractivity contribution in [2.45, 2.75) is 50.1 Å². The molecule has 2 aliphatic rings. The summed E-state index contributed by atoms with van der Waals surface area (Å²) in [5.74, 6) is -0.254. The molecule has 0 spiro atoms. The lowest BCUT2D eigenvalue weighted by Crippen LogP contribution is -2.30. The highest BCUT2D eigenvalue weighted by Gasteiger charge is 2.26. The smallest absolute Gasteiger partial charge is 0.133 e. The normalized spacial score (nSPS) is 17.7. The van der Waals surface area contributed by atoms with Gasteiger partial charge in [0.25, 0.3) is 0 Å². The van der Waals surface area contributed by atoms with Gasteiger partial charge in [-0.3, -0.25) is 4.90 Å². The van der Waals surface area contributed by atoms with Gasteiger partial charge >= 0.3 is 0 Å². The standard InChI is InChI=1S/C60H58F2N4/c1-63-59(40-60(43-21-8-4-9-22-43)66(2)41-42-19-6-3-7-20-42)54-39-55(61)53(38-56(54)62)48-27-17-26-47(36-48)52-32-13-15-34-58(52)65-50-30-18-24-45(37-50)44-23-16-25-46(35-44)51-31-12-14-33-57(51)64-49-28-10-5-11-29-49/h3-6,8-12,14-18,21-31,33-40,42,52,58,60,63-65H,7,13,19-20,32,41H2,1-2H3/b59-40-/t42-,52?,58?,60?/m1/s1. The molecule has 0 saturated carbocycles. The van der Waals surface area contributed by atoms with Crippen molar-refractivity contribution < 1.29 is 8.78 Å². The van der Waals surface area contributed by atoms with Crippen LogP contribution in [0.3, 0.4) is 0 Å². The summed E-state index contributed by atoms with van der Waals surface area (Å²) >= 11 is 0. The zero-order chi connectivity index (χ0) is 45.2. The van der Waals surface area contributed by atoms with Crippen LogP contribution in [0.15, 0.2) is 200 Å². The average Bonchev–Trinajstić information content (AvgIpc) is 3.36. The first-order valence-corrected chi connectivity index (χ1v) is 23.3. The van der Waals surface area contributed by atoms with E-state index < -0.39 is 11.6 Å². The number of anilines is 3. The first-order valence-electron chi connectivity index (χ1n) is 23.3. The number of benzene rings is 7. The fourth-order valence-electron chi connectivity index (χ4n) is 9.77. The number of allylic oxidation sites excluding steroid dienone is 3. The molecular weight excluding hydrogens is 815 g/mol. The minimum Gasteiger partial charge on any atom is -0.388 e. The van der Waals surface area contributed by atoms with Gasteiger partial charge in [-0.05, 0) is 133 Å². The minimum atomic E-state index is -0.470. The Bertz CT molecular complexity index is 2830. The third kappa shape index (κ3) is 10.4. The summed E-state index contributed by atoms with van der Waals surface area (Å²) in [4.78, 5) is 2.33. The molecule has 0 fully saturated rings. The van der Waals surface area contributed by atoms with Crippen molar-refractivity contribution in [2.24, 2.45) is 5.92 Å². The van der Waals surface area contributed by atoms with Gasteiger partial charge in [-0.25, -0.2) is 8.78 Å². The Morgan fingerprint density at radius 1 is 0.636 bits per heavy atom. The third-order valence-electron chi connectivity index (χ3n) is 13.2. The molecule has 7 aromatic rings. The topological polar surface area (TPSA) is 39.3 Å². The van der Waals surface area contributed by atoms with E-state index in [4.69, 9.17) is 0 Å². The molecule has 0 aliphatic heterocycles. The van der Waals surface area contributed by atoms with Crippen LogP contribution in [-0.2, 0) is 0 Å². The Labute approximate surface area is 389 Å². The van der Waals surface area contributed by atoms with Crippen LogP contribution in [0.1, 0.15) is 60.8 Å². The van der Waals surface area contributed by atoms with Crippen LogP contribution in [0.5, 0.6) is 0 Å². The highest BCUT2D eigenvalue weighted by molar-refractivity contribution is 5.84. The van der Waals surface area contributed by atoms with E-state index in [1.54, 1.807) is 7.05 Å². The number of nitrogens with zero attached hydrogens (tertiary/aromatic N) is 1. The van der Waals surface area contributed by atoms with Crippen LogP contribution >= 0.6 is 0 Å². The molecule has 6 heteroatoms. The largest absolute Gasteiger partial charge is 0.388 e. The first-order chi connectivity index (χ1) is 32.4. The second-order valence-electron chi connectivity index (χ2n) is 17.7. The Hall–Kier alpha value is -7.02. The number of halogens is 2. The second-order valence-corrected chi connectivity index (χ2v) is 17.7. The van der Waals surface area contributed by atoms with Gasteiger partial charge in [0.1, 0.15) is 11.6 Å². The first kappa shape index (κ1) is 44.2. The maximum atomic E-state index is 16.4. The maximum absolute atomic E-state index is 16.4. The Morgan fingerprint density at radius 3 is 2.11 bits per heavy atom. The predicted molar refractivity (Wildman–Crippen MR) is 273 cm³/mol. The summed E-state index contributed by atoms with van der Waals surface area (Å²) in [5, 5.41) is 10.6. The molecule has 0 saturated heterocycles. The highest BCUT2D eigenvalue weighted by Crippen LogP contribution is 2.38. The van der Waals surface area contributed by atoms with Crippen molar-refractivity contribution in [1.82, 2.24) is 10.2 Å². The van der Waals surface area contributed by atoms with Crippen molar-refractivity contribution in [1.29, 1.82) is 0 Å². The number of rotatable bonds is 15. The molecule has 0 aromatic heterocycles. The number of nitrogens with one attached hydrogen (secondary N) is 3. The molecule has 4 atom stereocenters. The van der Waals surface area contributed by atoms with E-state index in [2.05, 4.69) is 155 Å². The van der Waals surface area contributed by atoms with Crippen molar-refractivity contribution in [2.75, 3.05) is 31.3 Å². The predicted octanol–water partition coefficient (Wildman–Crippen LogP) is 15.2. The van der Waals surface area contributed by atoms with Gasteiger partial charge in [-0.15, -0.1) is 0 Å². The molecule has 9 rings (SSSR count). The van der Waals surface area contributed by atoms with Crippen molar-refractivity contribution in [3.8, 4) is 33.4 Å². The van der Waals surface area contributed by atoms with Crippen LogP contribution in [0.25, 0.3) is 39.1 Å². The number of likely N-dealkylation sites (N-methyl/N-ethyl adjacent to an activating group) is 1. The minimum absolute atomic E-state index is 0.00377. The van der Waals surface area contributed by atoms with E-state index in [-0.39, 0.29) is 29.1 Å². The monoisotopic (exact) mass is 872 g/mol. The van der Waals surface area contributed by atoms with E-state index in [0.29, 0.717) is 17.2 Å². The van der Waals surface area contributed by atoms with Gasteiger partial charge < -0.3 is 16.0 Å². The van der Waals surface area contributed by atoms with Crippen LogP contribution < -0.4 is 16.0 Å². The van der Waals surface area contributed by atoms with E-state index in [1.807, 2.05) is 60.7 Å². The molecule has 4 nitrogen and oxygen atoms in total. The van der Waals surface area contributed by atoms with E-state index in [9.17, 15) is 0 Å². The maximum Gasteiger partial charge on any atom is 0.133 e. The van der Waals surface area contributed by atoms with Crippen LogP contribution in [0.4, 0.5) is 25.8 Å². The zero-order valence-corrected chi connectivity index (χ0v) is 37.8. The van der Waals surface area contributed by atoms with Gasteiger partial charge in [-0.1, -0.05) is 146 Å². The zero-order valence-electron chi connectivity index (χ0n) is 37.8. The van der Waals surface area contributed by atoms with E-state index in [0.717, 1.165) is 89.1 Å². The summed E-state index contributed by atoms with van der Waals surface area (Å²) in [6.07, 6.45) is 16.2. The van der Waals surface area contributed by atoms with Gasteiger partial charge in [-0.2, -0.15) is 0 Å². The second kappa shape index (κ2) is 20.9. The molecule has 0 bridgehead atoms. The van der Waals surface area contributed by atoms with Crippen molar-refractivity contribution >= 4 is 22.8 Å². The van der Waals surface area contributed by atoms with Crippen LogP contribution in [0.2, 0.25) is 0 Å². The molecule has 3 unspecified atom stereocenters. The lowest BCUT2D eigenvalue weighted by atomic mass is 9.82. The van der Waals surface area contributed by atoms with Crippen molar-refractivity contribution in [3.05, 3.63) is 229 Å². The summed E-state index contributed by atoms with van der Waals surface area (Å²) in [6, 6.07) is 56.8. The highest BCUT2D eigenvalue weighted by atomic mass is 19.1. The van der Waals surface area contributed by atoms with E-state index in [1.165, 1.54) is 12.1 Å². The Kier molecular flexibility index (Phi) is 14.0. The fraction of sp³-hybridized carbons (Fsp3) is 0.200. The Morgan fingerprint density at radius 2 is 1.32 bits per heavy atom. The fourth-order valence-corrected chi connectivity index (χ4v) is 9.77. The lowest BCUT2D eigenvalue weighted by molar-refractivity contribution is 0.230. The molecule has 3 N–H and O–H groups in total. The number of hydrogen-bond acceptors (Lipinski definition) is 4. The SMILES string of the molecule is CN/C(=C\C(c1ccccc1)N(C)C[C@@H]1CC=CCC1)c1cc(F)c(-c2cccc(C3CCC=CC3Nc3cccc(-c4cccc(-c5ccccc5Nc5ccccc5)c4)c3)c2)cc1F. The summed E-state index contributed by atoms with van der Waals surface area (Å²) in [5.41, 5.74) is 11.5. The van der Waals surface area contributed by atoms with Gasteiger partial charge in [0.05, 0.1) is 12.1 Å². The number of hydrogen-bond donors (Lipinski definition) is 3.